The zero-order valence-corrected chi connectivity index (χ0v) is 11.9. The van der Waals surface area contributed by atoms with Crippen LogP contribution in [0.1, 0.15) is 19.3 Å². The molecule has 2 atom stereocenters. The molecule has 2 N–H and O–H groups in total. The molecule has 2 unspecified atom stereocenters. The highest BCUT2D eigenvalue weighted by atomic mass is 32.2. The third-order valence-electron chi connectivity index (χ3n) is 3.60. The molecule has 0 spiro atoms. The lowest BCUT2D eigenvalue weighted by Crippen LogP contribution is -2.41. The van der Waals surface area contributed by atoms with Crippen molar-refractivity contribution in [3.8, 4) is 0 Å². The largest absolute Gasteiger partial charge is 0.316 e. The van der Waals surface area contributed by atoms with Crippen LogP contribution in [0.3, 0.4) is 0 Å². The third kappa shape index (κ3) is 3.66. The van der Waals surface area contributed by atoms with E-state index in [-0.39, 0.29) is 17.9 Å². The Labute approximate surface area is 108 Å². The zero-order chi connectivity index (χ0) is 13.2. The van der Waals surface area contributed by atoms with Gasteiger partial charge in [0.05, 0.1) is 16.8 Å². The highest BCUT2D eigenvalue weighted by Crippen LogP contribution is 2.18. The second kappa shape index (κ2) is 5.44. The summed E-state index contributed by atoms with van der Waals surface area (Å²) in [5, 5.41) is 2.46. The molecule has 0 bridgehead atoms. The van der Waals surface area contributed by atoms with E-state index in [9.17, 15) is 16.8 Å². The molecule has 2 aliphatic rings. The van der Waals surface area contributed by atoms with Gasteiger partial charge in [0.2, 0.25) is 10.0 Å². The van der Waals surface area contributed by atoms with Gasteiger partial charge in [0.15, 0.2) is 9.84 Å². The monoisotopic (exact) mass is 296 g/mol. The SMILES string of the molecule is O=S1(=O)CCC(S(=O)(=O)NCC2CCCNC2)C1. The van der Waals surface area contributed by atoms with Crippen molar-refractivity contribution in [2.45, 2.75) is 24.5 Å². The Kier molecular flexibility index (Phi) is 4.30. The molecule has 2 heterocycles. The predicted molar refractivity (Wildman–Crippen MR) is 69.6 cm³/mol. The van der Waals surface area contributed by atoms with E-state index in [0.717, 1.165) is 25.9 Å². The molecule has 0 saturated carbocycles. The van der Waals surface area contributed by atoms with Gasteiger partial charge in [-0.3, -0.25) is 0 Å². The molecule has 0 aliphatic carbocycles. The minimum absolute atomic E-state index is 0.0104. The number of hydrogen-bond acceptors (Lipinski definition) is 5. The molecule has 8 heteroatoms. The molecular formula is C10H20N2O4S2. The summed E-state index contributed by atoms with van der Waals surface area (Å²) in [4.78, 5) is 0. The van der Waals surface area contributed by atoms with E-state index in [1.807, 2.05) is 0 Å². The molecule has 2 rings (SSSR count). The van der Waals surface area contributed by atoms with Crippen LogP contribution in [-0.4, -0.2) is 53.2 Å². The zero-order valence-electron chi connectivity index (χ0n) is 10.3. The van der Waals surface area contributed by atoms with Crippen LogP contribution in [0.25, 0.3) is 0 Å². The van der Waals surface area contributed by atoms with Crippen molar-refractivity contribution >= 4 is 19.9 Å². The third-order valence-corrected chi connectivity index (χ3v) is 7.43. The second-order valence-corrected chi connectivity index (χ2v) is 9.40. The molecule has 18 heavy (non-hydrogen) atoms. The summed E-state index contributed by atoms with van der Waals surface area (Å²) >= 11 is 0. The molecule has 0 radical (unpaired) electrons. The average Bonchev–Trinajstić information content (AvgIpc) is 2.69. The number of hydrogen-bond donors (Lipinski definition) is 2. The van der Waals surface area contributed by atoms with E-state index >= 15 is 0 Å². The van der Waals surface area contributed by atoms with Gasteiger partial charge in [0.1, 0.15) is 0 Å². The number of rotatable bonds is 4. The van der Waals surface area contributed by atoms with Gasteiger partial charge in [-0.1, -0.05) is 0 Å². The second-order valence-electron chi connectivity index (χ2n) is 5.13. The smallest absolute Gasteiger partial charge is 0.215 e. The fraction of sp³-hybridized carbons (Fsp3) is 1.00. The minimum atomic E-state index is -3.49. The summed E-state index contributed by atoms with van der Waals surface area (Å²) in [6.45, 7) is 2.22. The maximum absolute atomic E-state index is 12.0. The Morgan fingerprint density at radius 1 is 1.28 bits per heavy atom. The van der Waals surface area contributed by atoms with Gasteiger partial charge in [0, 0.05) is 6.54 Å². The van der Waals surface area contributed by atoms with E-state index in [0.29, 0.717) is 12.5 Å². The van der Waals surface area contributed by atoms with Crippen molar-refractivity contribution in [1.82, 2.24) is 10.0 Å². The lowest BCUT2D eigenvalue weighted by molar-refractivity contribution is 0.375. The lowest BCUT2D eigenvalue weighted by atomic mass is 10.0. The summed E-state index contributed by atoms with van der Waals surface area (Å²) in [5.74, 6) is 0.0703. The number of piperidine rings is 1. The van der Waals surface area contributed by atoms with Crippen LogP contribution in [0.15, 0.2) is 0 Å². The van der Waals surface area contributed by atoms with Crippen LogP contribution in [0, 0.1) is 5.92 Å². The summed E-state index contributed by atoms with van der Waals surface area (Å²) < 4.78 is 49.1. The fourth-order valence-electron chi connectivity index (χ4n) is 2.46. The van der Waals surface area contributed by atoms with E-state index in [4.69, 9.17) is 0 Å². The van der Waals surface area contributed by atoms with Crippen LogP contribution in [-0.2, 0) is 19.9 Å². The number of sulfonamides is 1. The summed E-state index contributed by atoms with van der Waals surface area (Å²) in [7, 11) is -6.64. The molecule has 6 nitrogen and oxygen atoms in total. The Morgan fingerprint density at radius 2 is 2.06 bits per heavy atom. The fourth-order valence-corrected chi connectivity index (χ4v) is 6.62. The first-order valence-electron chi connectivity index (χ1n) is 6.29. The van der Waals surface area contributed by atoms with Crippen molar-refractivity contribution in [3.63, 3.8) is 0 Å². The van der Waals surface area contributed by atoms with E-state index in [1.165, 1.54) is 0 Å². The lowest BCUT2D eigenvalue weighted by Gasteiger charge is -2.23. The van der Waals surface area contributed by atoms with Gasteiger partial charge in [0.25, 0.3) is 0 Å². The van der Waals surface area contributed by atoms with Gasteiger partial charge in [-0.05, 0) is 38.3 Å². The van der Waals surface area contributed by atoms with Gasteiger partial charge >= 0.3 is 0 Å². The summed E-state index contributed by atoms with van der Waals surface area (Å²) in [6.07, 6.45) is 2.29. The van der Waals surface area contributed by atoms with Crippen LogP contribution >= 0.6 is 0 Å². The quantitative estimate of drug-likeness (QED) is 0.701. The first kappa shape index (κ1) is 14.2. The normalized spacial score (nSPS) is 32.4. The Morgan fingerprint density at radius 3 is 2.61 bits per heavy atom. The van der Waals surface area contributed by atoms with Gasteiger partial charge in [-0.2, -0.15) is 0 Å². The molecule has 2 fully saturated rings. The molecular weight excluding hydrogens is 276 g/mol. The Hall–Kier alpha value is -0.180. The molecule has 106 valence electrons. The van der Waals surface area contributed by atoms with Crippen molar-refractivity contribution in [1.29, 1.82) is 0 Å². The summed E-state index contributed by atoms with van der Waals surface area (Å²) in [6, 6.07) is 0. The van der Waals surface area contributed by atoms with Crippen molar-refractivity contribution in [2.75, 3.05) is 31.1 Å². The van der Waals surface area contributed by atoms with Crippen LogP contribution in [0.2, 0.25) is 0 Å². The van der Waals surface area contributed by atoms with Crippen LogP contribution in [0.4, 0.5) is 0 Å². The van der Waals surface area contributed by atoms with Crippen molar-refractivity contribution in [3.05, 3.63) is 0 Å². The molecule has 0 aromatic rings. The number of nitrogens with one attached hydrogen (secondary N) is 2. The highest BCUT2D eigenvalue weighted by molar-refractivity contribution is 7.95. The van der Waals surface area contributed by atoms with E-state index < -0.39 is 25.1 Å². The van der Waals surface area contributed by atoms with Crippen LogP contribution < -0.4 is 10.0 Å². The molecule has 2 aliphatic heterocycles. The van der Waals surface area contributed by atoms with E-state index in [2.05, 4.69) is 10.0 Å². The Bertz CT molecular complexity index is 480. The van der Waals surface area contributed by atoms with Gasteiger partial charge < -0.3 is 5.32 Å². The first-order chi connectivity index (χ1) is 8.39. The average molecular weight is 296 g/mol. The van der Waals surface area contributed by atoms with Gasteiger partial charge in [-0.15, -0.1) is 0 Å². The van der Waals surface area contributed by atoms with Gasteiger partial charge in [-0.25, -0.2) is 21.6 Å². The summed E-state index contributed by atoms with van der Waals surface area (Å²) in [5.41, 5.74) is 0. The Balaban J connectivity index is 1.87. The number of sulfone groups is 1. The topological polar surface area (TPSA) is 92.3 Å². The van der Waals surface area contributed by atoms with Crippen LogP contribution in [0.5, 0.6) is 0 Å². The standard InChI is InChI=1S/C10H20N2O4S2/c13-17(14)5-3-10(8-17)18(15,16)12-7-9-2-1-4-11-6-9/h9-12H,1-8H2. The molecule has 0 aromatic heterocycles. The molecule has 0 aromatic carbocycles. The van der Waals surface area contributed by atoms with Crippen molar-refractivity contribution in [2.24, 2.45) is 5.92 Å². The molecule has 0 amide bonds. The van der Waals surface area contributed by atoms with E-state index in [1.54, 1.807) is 0 Å². The minimum Gasteiger partial charge on any atom is -0.316 e. The molecule has 2 saturated heterocycles. The highest BCUT2D eigenvalue weighted by Gasteiger charge is 2.37. The predicted octanol–water partition coefficient (Wildman–Crippen LogP) is -0.907. The maximum Gasteiger partial charge on any atom is 0.215 e. The maximum atomic E-state index is 12.0. The van der Waals surface area contributed by atoms with Crippen molar-refractivity contribution < 1.29 is 16.8 Å². The first-order valence-corrected chi connectivity index (χ1v) is 9.65.